The first-order valence-electron chi connectivity index (χ1n) is 13.6. The molecule has 0 saturated carbocycles. The molecule has 0 aliphatic rings. The maximum atomic E-state index is 12.1. The summed E-state index contributed by atoms with van der Waals surface area (Å²) in [7, 11) is -1.97. The molecule has 0 aliphatic heterocycles. The van der Waals surface area contributed by atoms with Crippen LogP contribution in [0, 0.1) is 0 Å². The summed E-state index contributed by atoms with van der Waals surface area (Å²) in [6.07, 6.45) is 14.8. The normalized spacial score (nSPS) is 12.1. The molecule has 0 N–H and O–H groups in total. The maximum Gasteiger partial charge on any atom is 0.307 e. The fourth-order valence-corrected chi connectivity index (χ4v) is 10.4. The van der Waals surface area contributed by atoms with Crippen molar-refractivity contribution in [3.05, 3.63) is 0 Å². The third-order valence-corrected chi connectivity index (χ3v) is 12.8. The van der Waals surface area contributed by atoms with Crippen molar-refractivity contribution >= 4 is 20.3 Å². The van der Waals surface area contributed by atoms with Crippen LogP contribution in [0.3, 0.4) is 0 Å². The Hall–Kier alpha value is -0.883. The second kappa shape index (κ2) is 19.4. The lowest BCUT2D eigenvalue weighted by Gasteiger charge is -2.41. The van der Waals surface area contributed by atoms with E-state index in [-0.39, 0.29) is 18.7 Å². The summed E-state index contributed by atoms with van der Waals surface area (Å²) >= 11 is 0. The van der Waals surface area contributed by atoms with E-state index >= 15 is 0 Å². The van der Waals surface area contributed by atoms with E-state index in [9.17, 15) is 9.59 Å². The van der Waals surface area contributed by atoms with Gasteiger partial charge in [-0.1, -0.05) is 106 Å². The molecule has 0 amide bonds. The standard InChI is InChI=1S/C27H54O5Si/c1-23(2)33(24(3)4,25(5)6)32-22-31-27(29)20-18-16-14-12-10-8-9-11-13-15-17-19-21-30-26(7)28/h23-25H,8-22H2,1-7H3. The number of carbonyl (C=O) groups is 2. The van der Waals surface area contributed by atoms with E-state index < -0.39 is 8.32 Å². The predicted molar refractivity (Wildman–Crippen MR) is 140 cm³/mol. The van der Waals surface area contributed by atoms with E-state index in [0.29, 0.717) is 29.7 Å². The Balaban J connectivity index is 3.62. The Kier molecular flexibility index (Phi) is 18.9. The number of esters is 2. The summed E-state index contributed by atoms with van der Waals surface area (Å²) in [5.74, 6) is -0.301. The molecule has 0 heterocycles. The van der Waals surface area contributed by atoms with Crippen LogP contribution in [-0.4, -0.2) is 33.7 Å². The van der Waals surface area contributed by atoms with Gasteiger partial charge in [-0.15, -0.1) is 0 Å². The van der Waals surface area contributed by atoms with Crippen molar-refractivity contribution in [3.63, 3.8) is 0 Å². The second-order valence-electron chi connectivity index (χ2n) is 10.4. The maximum absolute atomic E-state index is 12.1. The summed E-state index contributed by atoms with van der Waals surface area (Å²) < 4.78 is 16.7. The lowest BCUT2D eigenvalue weighted by molar-refractivity contribution is -0.151. The molecular formula is C27H54O5Si. The summed E-state index contributed by atoms with van der Waals surface area (Å²) in [4.78, 5) is 22.7. The van der Waals surface area contributed by atoms with Gasteiger partial charge in [0.15, 0.2) is 6.79 Å². The molecule has 0 fully saturated rings. The quantitative estimate of drug-likeness (QED) is 0.0706. The number of ether oxygens (including phenoxy) is 2. The molecule has 0 aliphatic carbocycles. The zero-order valence-electron chi connectivity index (χ0n) is 22.9. The van der Waals surface area contributed by atoms with Crippen LogP contribution < -0.4 is 0 Å². The van der Waals surface area contributed by atoms with Crippen molar-refractivity contribution in [1.82, 2.24) is 0 Å². The largest absolute Gasteiger partial charge is 0.466 e. The molecule has 0 radical (unpaired) electrons. The van der Waals surface area contributed by atoms with E-state index in [1.54, 1.807) is 0 Å². The van der Waals surface area contributed by atoms with Gasteiger partial charge in [0.1, 0.15) is 0 Å². The molecule has 0 bridgehead atoms. The summed E-state index contributed by atoms with van der Waals surface area (Å²) in [5, 5.41) is 0. The highest BCUT2D eigenvalue weighted by atomic mass is 28.4. The fourth-order valence-electron chi connectivity index (χ4n) is 5.12. The molecule has 196 valence electrons. The average molecular weight is 487 g/mol. The Bertz CT molecular complexity index is 483. The average Bonchev–Trinajstić information content (AvgIpc) is 2.72. The highest BCUT2D eigenvalue weighted by Gasteiger charge is 2.45. The molecule has 0 aromatic heterocycles. The van der Waals surface area contributed by atoms with Crippen molar-refractivity contribution in [1.29, 1.82) is 0 Å². The number of rotatable bonds is 21. The Labute approximate surface area is 205 Å². The van der Waals surface area contributed by atoms with Crippen molar-refractivity contribution in [2.45, 2.75) is 149 Å². The van der Waals surface area contributed by atoms with Crippen LogP contribution in [0.15, 0.2) is 0 Å². The molecular weight excluding hydrogens is 432 g/mol. The minimum atomic E-state index is -1.97. The van der Waals surface area contributed by atoms with Gasteiger partial charge in [0.2, 0.25) is 8.32 Å². The van der Waals surface area contributed by atoms with Gasteiger partial charge in [-0.05, 0) is 29.5 Å². The molecule has 33 heavy (non-hydrogen) atoms. The summed E-state index contributed by atoms with van der Waals surface area (Å²) in [6, 6.07) is 0. The smallest absolute Gasteiger partial charge is 0.307 e. The molecule has 0 atom stereocenters. The Morgan fingerprint density at radius 1 is 0.606 bits per heavy atom. The van der Waals surface area contributed by atoms with Gasteiger partial charge in [0.05, 0.1) is 6.61 Å². The lowest BCUT2D eigenvalue weighted by atomic mass is 10.0. The van der Waals surface area contributed by atoms with Gasteiger partial charge < -0.3 is 13.9 Å². The molecule has 0 rings (SSSR count). The van der Waals surface area contributed by atoms with E-state index in [1.165, 1.54) is 58.3 Å². The van der Waals surface area contributed by atoms with Crippen LogP contribution in [0.25, 0.3) is 0 Å². The van der Waals surface area contributed by atoms with Crippen molar-refractivity contribution in [2.75, 3.05) is 13.4 Å². The first kappa shape index (κ1) is 32.1. The van der Waals surface area contributed by atoms with E-state index in [1.807, 2.05) is 0 Å². The van der Waals surface area contributed by atoms with Crippen LogP contribution in [0.2, 0.25) is 16.6 Å². The van der Waals surface area contributed by atoms with Crippen LogP contribution in [0.5, 0.6) is 0 Å². The molecule has 6 heteroatoms. The predicted octanol–water partition coefficient (Wildman–Crippen LogP) is 8.31. The molecule has 0 saturated heterocycles. The lowest BCUT2D eigenvalue weighted by Crippen LogP contribution is -2.48. The van der Waals surface area contributed by atoms with Gasteiger partial charge in [0.25, 0.3) is 0 Å². The molecule has 0 unspecified atom stereocenters. The third-order valence-electron chi connectivity index (χ3n) is 6.82. The SMILES string of the molecule is CC(=O)OCCCCCCCCCCCCCCC(=O)OCO[Si](C(C)C)(C(C)C)C(C)C. The van der Waals surface area contributed by atoms with Crippen LogP contribution in [0.4, 0.5) is 0 Å². The van der Waals surface area contributed by atoms with Crippen molar-refractivity contribution < 1.29 is 23.5 Å². The van der Waals surface area contributed by atoms with Crippen LogP contribution in [0.1, 0.15) is 132 Å². The van der Waals surface area contributed by atoms with Crippen LogP contribution >= 0.6 is 0 Å². The Morgan fingerprint density at radius 2 is 1.00 bits per heavy atom. The first-order chi connectivity index (χ1) is 15.6. The minimum absolute atomic E-state index is 0.117. The summed E-state index contributed by atoms with van der Waals surface area (Å²) in [5.41, 5.74) is 1.49. The highest BCUT2D eigenvalue weighted by molar-refractivity contribution is 6.77. The number of hydrogen-bond donors (Lipinski definition) is 0. The van der Waals surface area contributed by atoms with E-state index in [4.69, 9.17) is 13.9 Å². The number of carbonyl (C=O) groups excluding carboxylic acids is 2. The van der Waals surface area contributed by atoms with Crippen LogP contribution in [-0.2, 0) is 23.5 Å². The Morgan fingerprint density at radius 3 is 1.39 bits per heavy atom. The molecule has 0 aromatic rings. The van der Waals surface area contributed by atoms with Gasteiger partial charge in [0, 0.05) is 13.3 Å². The zero-order chi connectivity index (χ0) is 25.1. The minimum Gasteiger partial charge on any atom is -0.466 e. The highest BCUT2D eigenvalue weighted by Crippen LogP contribution is 2.42. The van der Waals surface area contributed by atoms with Crippen molar-refractivity contribution in [3.8, 4) is 0 Å². The van der Waals surface area contributed by atoms with Gasteiger partial charge in [-0.3, -0.25) is 9.59 Å². The number of unbranched alkanes of at least 4 members (excludes halogenated alkanes) is 11. The molecule has 0 spiro atoms. The number of hydrogen-bond acceptors (Lipinski definition) is 5. The van der Waals surface area contributed by atoms with Gasteiger partial charge >= 0.3 is 11.9 Å². The zero-order valence-corrected chi connectivity index (χ0v) is 23.9. The molecule has 0 aromatic carbocycles. The molecule has 5 nitrogen and oxygen atoms in total. The first-order valence-corrected chi connectivity index (χ1v) is 15.7. The van der Waals surface area contributed by atoms with E-state index in [0.717, 1.165) is 25.7 Å². The topological polar surface area (TPSA) is 61.8 Å². The monoisotopic (exact) mass is 486 g/mol. The summed E-state index contributed by atoms with van der Waals surface area (Å²) in [6.45, 7) is 15.6. The fraction of sp³-hybridized carbons (Fsp3) is 0.926. The van der Waals surface area contributed by atoms with Gasteiger partial charge in [-0.2, -0.15) is 0 Å². The second-order valence-corrected chi connectivity index (χ2v) is 15.9. The van der Waals surface area contributed by atoms with E-state index in [2.05, 4.69) is 41.5 Å². The van der Waals surface area contributed by atoms with Gasteiger partial charge in [-0.25, -0.2) is 0 Å². The third kappa shape index (κ3) is 14.9. The van der Waals surface area contributed by atoms with Crippen molar-refractivity contribution in [2.24, 2.45) is 0 Å².